The van der Waals surface area contributed by atoms with Crippen molar-refractivity contribution in [2.24, 2.45) is 5.10 Å². The van der Waals surface area contributed by atoms with Crippen LogP contribution in [0.2, 0.25) is 19.6 Å². The molecule has 170 valence electrons. The van der Waals surface area contributed by atoms with Crippen LogP contribution < -0.4 is 0 Å². The van der Waals surface area contributed by atoms with Gasteiger partial charge in [0.2, 0.25) is 0 Å². The summed E-state index contributed by atoms with van der Waals surface area (Å²) >= 11 is 0. The Bertz CT molecular complexity index is 978. The summed E-state index contributed by atoms with van der Waals surface area (Å²) in [6, 6.07) is 18.2. The molecule has 1 aliphatic rings. The fraction of sp³-hybridized carbons (Fsp3) is 0.400. The van der Waals surface area contributed by atoms with Gasteiger partial charge in [-0.05, 0) is 31.9 Å². The van der Waals surface area contributed by atoms with Crippen LogP contribution in [0.25, 0.3) is 0 Å². The van der Waals surface area contributed by atoms with Crippen LogP contribution in [-0.2, 0) is 20.9 Å². The lowest BCUT2D eigenvalue weighted by molar-refractivity contribution is -0.160. The molecule has 1 amide bonds. The second-order valence-corrected chi connectivity index (χ2v) is 15.0. The van der Waals surface area contributed by atoms with E-state index in [1.807, 2.05) is 81.4 Å². The van der Waals surface area contributed by atoms with Gasteiger partial charge < -0.3 is 9.47 Å². The first-order chi connectivity index (χ1) is 15.0. The number of benzene rings is 2. The lowest BCUT2D eigenvalue weighted by Gasteiger charge is -2.30. The molecule has 0 saturated heterocycles. The van der Waals surface area contributed by atoms with E-state index >= 15 is 0 Å². The quantitative estimate of drug-likeness (QED) is 0.452. The van der Waals surface area contributed by atoms with Gasteiger partial charge in [0.25, 0.3) is 0 Å². The zero-order valence-corrected chi connectivity index (χ0v) is 20.7. The molecule has 0 N–H and O–H groups in total. The highest BCUT2D eigenvalue weighted by atomic mass is 28.3. The Kier molecular flexibility index (Phi) is 6.88. The van der Waals surface area contributed by atoms with Crippen LogP contribution in [0.1, 0.15) is 37.8 Å². The van der Waals surface area contributed by atoms with Crippen LogP contribution in [0.15, 0.2) is 65.8 Å². The van der Waals surface area contributed by atoms with E-state index in [4.69, 9.17) is 14.6 Å². The van der Waals surface area contributed by atoms with Crippen LogP contribution in [0, 0.1) is 0 Å². The zero-order valence-electron chi connectivity index (χ0n) is 19.7. The van der Waals surface area contributed by atoms with Crippen molar-refractivity contribution >= 4 is 25.5 Å². The molecule has 2 aromatic carbocycles. The lowest BCUT2D eigenvalue weighted by atomic mass is 9.92. The summed E-state index contributed by atoms with van der Waals surface area (Å²) in [4.78, 5) is 26.5. The van der Waals surface area contributed by atoms with E-state index in [2.05, 4.69) is 19.6 Å². The molecular weight excluding hydrogens is 420 g/mol. The van der Waals surface area contributed by atoms with Gasteiger partial charge in [0.05, 0.1) is 14.0 Å². The molecular formula is C25H32N2O4Si. The fourth-order valence-corrected chi connectivity index (χ4v) is 5.35. The van der Waals surface area contributed by atoms with Crippen LogP contribution in [-0.4, -0.2) is 42.1 Å². The summed E-state index contributed by atoms with van der Waals surface area (Å²) in [5, 5.41) is 6.77. The molecule has 1 aliphatic heterocycles. The molecule has 2 atom stereocenters. The van der Waals surface area contributed by atoms with Gasteiger partial charge in [-0.1, -0.05) is 80.3 Å². The molecule has 1 heterocycles. The van der Waals surface area contributed by atoms with E-state index in [9.17, 15) is 9.59 Å². The highest BCUT2D eigenvalue weighted by molar-refractivity contribution is 7.05. The van der Waals surface area contributed by atoms with Gasteiger partial charge in [-0.15, -0.1) is 0 Å². The molecule has 7 heteroatoms. The van der Waals surface area contributed by atoms with Gasteiger partial charge in [-0.2, -0.15) is 10.1 Å². The van der Waals surface area contributed by atoms with E-state index in [-0.39, 0.29) is 12.5 Å². The van der Waals surface area contributed by atoms with Gasteiger partial charge in [0, 0.05) is 5.33 Å². The van der Waals surface area contributed by atoms with Crippen molar-refractivity contribution in [3.8, 4) is 0 Å². The molecule has 2 aromatic rings. The molecule has 0 fully saturated rings. The summed E-state index contributed by atoms with van der Waals surface area (Å²) in [6.45, 7) is 12.0. The Labute approximate surface area is 191 Å². The standard InChI is InChI=1S/C25H32N2O4Si/c1-25(2,3)31-23(28)21-20(19-15-11-8-12-16-19)22(32(4,5)6)26-27(21)24(29)30-17-18-13-9-7-10-14-18/h7-16,20-21H,17H2,1-6H3/t20-,21+/m1/s1. The predicted molar refractivity (Wildman–Crippen MR) is 128 cm³/mol. The monoisotopic (exact) mass is 452 g/mol. The van der Waals surface area contributed by atoms with Gasteiger partial charge in [-0.3, -0.25) is 0 Å². The van der Waals surface area contributed by atoms with Crippen molar-refractivity contribution in [3.63, 3.8) is 0 Å². The molecule has 0 radical (unpaired) electrons. The normalized spacial score (nSPS) is 18.8. The fourth-order valence-electron chi connectivity index (χ4n) is 3.69. The molecule has 6 nitrogen and oxygen atoms in total. The molecule has 0 saturated carbocycles. The maximum atomic E-state index is 13.4. The van der Waals surface area contributed by atoms with E-state index in [1.165, 1.54) is 5.01 Å². The van der Waals surface area contributed by atoms with Crippen LogP contribution in [0.5, 0.6) is 0 Å². The molecule has 32 heavy (non-hydrogen) atoms. The maximum absolute atomic E-state index is 13.4. The topological polar surface area (TPSA) is 68.2 Å². The Hall–Kier alpha value is -2.93. The van der Waals surface area contributed by atoms with Gasteiger partial charge in [0.1, 0.15) is 12.2 Å². The van der Waals surface area contributed by atoms with Crippen molar-refractivity contribution in [2.75, 3.05) is 0 Å². The summed E-state index contributed by atoms with van der Waals surface area (Å²) in [5.41, 5.74) is 1.10. The summed E-state index contributed by atoms with van der Waals surface area (Å²) in [5.74, 6) is -0.859. The SMILES string of the molecule is CC(C)(C)OC(=O)[C@@H]1[C@@H](c2ccccc2)C([Si](C)(C)C)=NN1C(=O)OCc1ccccc1. The minimum atomic E-state index is -2.00. The van der Waals surface area contributed by atoms with E-state index in [0.717, 1.165) is 16.5 Å². The van der Waals surface area contributed by atoms with Crippen molar-refractivity contribution in [1.29, 1.82) is 0 Å². The number of carbonyl (C=O) groups is 2. The van der Waals surface area contributed by atoms with Crippen molar-refractivity contribution in [2.45, 2.75) is 64.6 Å². The predicted octanol–water partition coefficient (Wildman–Crippen LogP) is 5.37. The Morgan fingerprint density at radius 1 is 0.969 bits per heavy atom. The van der Waals surface area contributed by atoms with Crippen LogP contribution >= 0.6 is 0 Å². The first-order valence-electron chi connectivity index (χ1n) is 10.8. The van der Waals surface area contributed by atoms with Crippen LogP contribution in [0.3, 0.4) is 0 Å². The third-order valence-electron chi connectivity index (χ3n) is 5.06. The molecule has 3 rings (SSSR count). The third-order valence-corrected chi connectivity index (χ3v) is 7.00. The molecule has 0 aliphatic carbocycles. The van der Waals surface area contributed by atoms with E-state index in [0.29, 0.717) is 0 Å². The van der Waals surface area contributed by atoms with E-state index in [1.54, 1.807) is 0 Å². The number of ether oxygens (including phenoxy) is 2. The zero-order chi connectivity index (χ0) is 23.5. The maximum Gasteiger partial charge on any atom is 0.431 e. The number of hydrogen-bond donors (Lipinski definition) is 0. The second kappa shape index (κ2) is 9.28. The highest BCUT2D eigenvalue weighted by Crippen LogP contribution is 2.37. The minimum absolute atomic E-state index is 0.102. The number of esters is 1. The number of carbonyl (C=O) groups excluding carboxylic acids is 2. The lowest BCUT2D eigenvalue weighted by Crippen LogP contribution is -2.47. The first-order valence-corrected chi connectivity index (χ1v) is 14.3. The van der Waals surface area contributed by atoms with Gasteiger partial charge in [-0.25, -0.2) is 9.59 Å². The summed E-state index contributed by atoms with van der Waals surface area (Å²) < 4.78 is 11.3. The average Bonchev–Trinajstić information content (AvgIpc) is 3.14. The average molecular weight is 453 g/mol. The van der Waals surface area contributed by atoms with Crippen LogP contribution in [0.4, 0.5) is 4.79 Å². The molecule has 0 spiro atoms. The molecule has 0 unspecified atom stereocenters. The molecule has 0 aromatic heterocycles. The summed E-state index contributed by atoms with van der Waals surface area (Å²) in [6.07, 6.45) is -0.654. The number of amides is 1. The van der Waals surface area contributed by atoms with Gasteiger partial charge in [0.15, 0.2) is 6.04 Å². The highest BCUT2D eigenvalue weighted by Gasteiger charge is 2.51. The number of hydrazone groups is 1. The third kappa shape index (κ3) is 5.65. The number of hydrogen-bond acceptors (Lipinski definition) is 5. The number of nitrogens with zero attached hydrogens (tertiary/aromatic N) is 2. The first kappa shape index (κ1) is 23.7. The minimum Gasteiger partial charge on any atom is -0.458 e. The van der Waals surface area contributed by atoms with Crippen molar-refractivity contribution in [3.05, 3.63) is 71.8 Å². The summed E-state index contributed by atoms with van der Waals surface area (Å²) in [7, 11) is -2.00. The van der Waals surface area contributed by atoms with Crippen molar-refractivity contribution in [1.82, 2.24) is 5.01 Å². The van der Waals surface area contributed by atoms with Gasteiger partial charge >= 0.3 is 12.1 Å². The number of rotatable bonds is 5. The Morgan fingerprint density at radius 2 is 1.53 bits per heavy atom. The molecule has 0 bridgehead atoms. The van der Waals surface area contributed by atoms with Crippen molar-refractivity contribution < 1.29 is 19.1 Å². The Balaban J connectivity index is 1.98. The second-order valence-electron chi connectivity index (χ2n) is 9.99. The largest absolute Gasteiger partial charge is 0.458 e. The Morgan fingerprint density at radius 3 is 2.06 bits per heavy atom. The van der Waals surface area contributed by atoms with E-state index < -0.39 is 31.8 Å². The smallest absolute Gasteiger partial charge is 0.431 e.